The Kier molecular flexibility index (Phi) is 6.16. The summed E-state index contributed by atoms with van der Waals surface area (Å²) in [6.07, 6.45) is 0. The predicted molar refractivity (Wildman–Crippen MR) is 153 cm³/mol. The van der Waals surface area contributed by atoms with E-state index in [-0.39, 0.29) is 11.5 Å². The van der Waals surface area contributed by atoms with Gasteiger partial charge in [0.05, 0.1) is 15.9 Å². The number of para-hydroxylation sites is 1. The second-order valence-electron chi connectivity index (χ2n) is 8.62. The van der Waals surface area contributed by atoms with Gasteiger partial charge in [-0.2, -0.15) is 0 Å². The monoisotopic (exact) mass is 565 g/mol. The van der Waals surface area contributed by atoms with Crippen LogP contribution >= 0.6 is 27.3 Å². The van der Waals surface area contributed by atoms with Gasteiger partial charge in [0.1, 0.15) is 16.2 Å². The van der Waals surface area contributed by atoms with Crippen LogP contribution in [-0.2, 0) is 0 Å². The van der Waals surface area contributed by atoms with E-state index in [9.17, 15) is 4.79 Å². The topological polar surface area (TPSA) is 67.5 Å². The van der Waals surface area contributed by atoms with Gasteiger partial charge in [0.2, 0.25) is 5.55 Å². The first-order chi connectivity index (χ1) is 18.0. The first kappa shape index (κ1) is 23.3. The van der Waals surface area contributed by atoms with Crippen molar-refractivity contribution >= 4 is 65.7 Å². The van der Waals surface area contributed by atoms with Gasteiger partial charge in [-0.3, -0.25) is 4.79 Å². The minimum Gasteiger partial charge on any atom is -0.438 e. The molecule has 0 unspecified atom stereocenters. The van der Waals surface area contributed by atoms with Crippen molar-refractivity contribution < 1.29 is 9.21 Å². The maximum absolute atomic E-state index is 13.3. The van der Waals surface area contributed by atoms with Crippen LogP contribution in [0.3, 0.4) is 0 Å². The van der Waals surface area contributed by atoms with Crippen molar-refractivity contribution in [3.8, 4) is 10.6 Å². The highest BCUT2D eigenvalue weighted by molar-refractivity contribution is 9.10. The summed E-state index contributed by atoms with van der Waals surface area (Å²) in [5.41, 5.74) is 5.83. The molecule has 0 aliphatic rings. The molecular weight excluding hydrogens is 546 g/mol. The summed E-state index contributed by atoms with van der Waals surface area (Å²) in [6, 6.07) is 30.9. The number of carbonyl (C=O) groups excluding carboxylic acids is 1. The van der Waals surface area contributed by atoms with Crippen LogP contribution in [0, 0.1) is 6.92 Å². The van der Waals surface area contributed by atoms with Crippen LogP contribution in [0.1, 0.15) is 15.9 Å². The van der Waals surface area contributed by atoms with Gasteiger partial charge >= 0.3 is 0 Å². The molecule has 0 saturated heterocycles. The van der Waals surface area contributed by atoms with Gasteiger partial charge in [0, 0.05) is 21.1 Å². The number of benzene rings is 4. The number of hydrogen-bond donors (Lipinski definition) is 1. The molecule has 0 aliphatic carbocycles. The number of hydrogen-bond acceptors (Lipinski definition) is 5. The molecule has 1 amide bonds. The van der Waals surface area contributed by atoms with E-state index in [1.54, 1.807) is 17.4 Å². The lowest BCUT2D eigenvalue weighted by atomic mass is 10.1. The summed E-state index contributed by atoms with van der Waals surface area (Å²) in [4.78, 5) is 22.7. The SMILES string of the molecule is Cc1ccc2nc(-c3ccc(N=c4oc5ccc(Br)cc5cc4C(=O)Nc4ccccc4)cc3)sc2c1. The molecule has 0 fully saturated rings. The third-order valence-electron chi connectivity index (χ3n) is 5.87. The first-order valence-corrected chi connectivity index (χ1v) is 13.2. The number of thiazole rings is 1. The fourth-order valence-electron chi connectivity index (χ4n) is 4.02. The number of halogens is 1. The zero-order chi connectivity index (χ0) is 25.4. The zero-order valence-corrected chi connectivity index (χ0v) is 22.1. The molecule has 6 aromatic rings. The van der Waals surface area contributed by atoms with Gasteiger partial charge in [0.15, 0.2) is 0 Å². The van der Waals surface area contributed by atoms with Crippen molar-refractivity contribution in [3.63, 3.8) is 0 Å². The number of fused-ring (bicyclic) bond motifs is 2. The Balaban J connectivity index is 1.40. The van der Waals surface area contributed by atoms with Gasteiger partial charge in [-0.1, -0.05) is 40.2 Å². The number of carbonyl (C=O) groups is 1. The van der Waals surface area contributed by atoms with Crippen LogP contribution in [0.4, 0.5) is 11.4 Å². The van der Waals surface area contributed by atoms with Gasteiger partial charge in [0.25, 0.3) is 5.91 Å². The smallest absolute Gasteiger partial charge is 0.261 e. The second-order valence-corrected chi connectivity index (χ2v) is 10.6. The Morgan fingerprint density at radius 1 is 0.946 bits per heavy atom. The highest BCUT2D eigenvalue weighted by Crippen LogP contribution is 2.31. The molecule has 37 heavy (non-hydrogen) atoms. The molecule has 0 radical (unpaired) electrons. The lowest BCUT2D eigenvalue weighted by molar-refractivity contribution is 0.102. The highest BCUT2D eigenvalue weighted by Gasteiger charge is 2.14. The van der Waals surface area contributed by atoms with Crippen LogP contribution in [0.15, 0.2) is 111 Å². The standard InChI is InChI=1S/C30H20BrN3O2S/c1-18-7-13-25-27(15-18)37-30(34-25)19-8-11-23(12-9-19)33-29-24(28(35)32-22-5-3-2-4-6-22)17-20-16-21(31)10-14-26(20)36-29/h2-17H,1H3,(H,32,35). The molecular formula is C30H20BrN3O2S. The summed E-state index contributed by atoms with van der Waals surface area (Å²) in [6.45, 7) is 2.08. The number of rotatable bonds is 4. The third kappa shape index (κ3) is 4.96. The fraction of sp³-hybridized carbons (Fsp3) is 0.0333. The minimum atomic E-state index is -0.294. The van der Waals surface area contributed by atoms with Crippen molar-refractivity contribution in [2.45, 2.75) is 6.92 Å². The summed E-state index contributed by atoms with van der Waals surface area (Å²) >= 11 is 5.16. The fourth-order valence-corrected chi connectivity index (χ4v) is 5.47. The van der Waals surface area contributed by atoms with Crippen molar-refractivity contribution in [3.05, 3.63) is 118 Å². The number of nitrogens with zero attached hydrogens (tertiary/aromatic N) is 2. The normalized spacial score (nSPS) is 11.8. The molecule has 0 bridgehead atoms. The maximum Gasteiger partial charge on any atom is 0.261 e. The van der Waals surface area contributed by atoms with Gasteiger partial charge < -0.3 is 9.73 Å². The number of aromatic nitrogens is 1. The number of nitrogens with one attached hydrogen (secondary N) is 1. The number of anilines is 1. The van der Waals surface area contributed by atoms with Gasteiger partial charge in [-0.15, -0.1) is 11.3 Å². The molecule has 4 aromatic carbocycles. The van der Waals surface area contributed by atoms with E-state index in [1.165, 1.54) is 10.3 Å². The Labute approximate surface area is 225 Å². The minimum absolute atomic E-state index is 0.242. The van der Waals surface area contributed by atoms with Crippen molar-refractivity contribution in [1.29, 1.82) is 0 Å². The van der Waals surface area contributed by atoms with Crippen molar-refractivity contribution in [2.24, 2.45) is 4.99 Å². The lowest BCUT2D eigenvalue weighted by Crippen LogP contribution is -2.21. The Hall–Kier alpha value is -4.07. The molecule has 2 heterocycles. The van der Waals surface area contributed by atoms with Crippen molar-refractivity contribution in [1.82, 2.24) is 4.98 Å². The van der Waals surface area contributed by atoms with E-state index in [1.807, 2.05) is 72.8 Å². The lowest BCUT2D eigenvalue weighted by Gasteiger charge is -2.07. The third-order valence-corrected chi connectivity index (χ3v) is 7.43. The van der Waals surface area contributed by atoms with Crippen LogP contribution in [0.25, 0.3) is 31.8 Å². The molecule has 0 spiro atoms. The van der Waals surface area contributed by atoms with Gasteiger partial charge in [-0.25, -0.2) is 9.98 Å². The Bertz CT molecular complexity index is 1840. The first-order valence-electron chi connectivity index (χ1n) is 11.6. The molecule has 1 N–H and O–H groups in total. The molecule has 2 aromatic heterocycles. The van der Waals surface area contributed by atoms with E-state index in [0.717, 1.165) is 25.9 Å². The summed E-state index contributed by atoms with van der Waals surface area (Å²) in [7, 11) is 0. The summed E-state index contributed by atoms with van der Waals surface area (Å²) < 4.78 is 8.18. The molecule has 7 heteroatoms. The Morgan fingerprint density at radius 2 is 1.76 bits per heavy atom. The van der Waals surface area contributed by atoms with Crippen LogP contribution in [0.5, 0.6) is 0 Å². The molecule has 0 saturated carbocycles. The second kappa shape index (κ2) is 9.76. The molecule has 180 valence electrons. The van der Waals surface area contributed by atoms with E-state index < -0.39 is 0 Å². The molecule has 5 nitrogen and oxygen atoms in total. The largest absolute Gasteiger partial charge is 0.438 e. The van der Waals surface area contributed by atoms with Crippen LogP contribution < -0.4 is 10.9 Å². The summed E-state index contributed by atoms with van der Waals surface area (Å²) in [5.74, 6) is -0.294. The number of aryl methyl sites for hydroxylation is 1. The van der Waals surface area contributed by atoms with E-state index in [2.05, 4.69) is 46.4 Å². The molecule has 0 atom stereocenters. The average molecular weight is 566 g/mol. The highest BCUT2D eigenvalue weighted by atomic mass is 79.9. The summed E-state index contributed by atoms with van der Waals surface area (Å²) in [5, 5.41) is 4.69. The van der Waals surface area contributed by atoms with E-state index >= 15 is 0 Å². The maximum atomic E-state index is 13.3. The zero-order valence-electron chi connectivity index (χ0n) is 19.7. The van der Waals surface area contributed by atoms with E-state index in [0.29, 0.717) is 22.5 Å². The predicted octanol–water partition coefficient (Wildman–Crippen LogP) is 8.27. The quantitative estimate of drug-likeness (QED) is 0.234. The number of amides is 1. The van der Waals surface area contributed by atoms with Crippen LogP contribution in [0.2, 0.25) is 0 Å². The van der Waals surface area contributed by atoms with Crippen molar-refractivity contribution in [2.75, 3.05) is 5.32 Å². The molecule has 0 aliphatic heterocycles. The van der Waals surface area contributed by atoms with E-state index in [4.69, 9.17) is 14.4 Å². The molecule has 6 rings (SSSR count). The van der Waals surface area contributed by atoms with Crippen LogP contribution in [-0.4, -0.2) is 10.9 Å². The Morgan fingerprint density at radius 3 is 2.57 bits per heavy atom. The van der Waals surface area contributed by atoms with Gasteiger partial charge in [-0.05, 0) is 85.3 Å². The average Bonchev–Trinajstić information content (AvgIpc) is 3.32.